The number of nitrogens with zero attached hydrogens (tertiary/aromatic N) is 1. The zero-order valence-electron chi connectivity index (χ0n) is 17.4. The summed E-state index contributed by atoms with van der Waals surface area (Å²) in [6, 6.07) is 14.5. The van der Waals surface area contributed by atoms with Crippen LogP contribution in [0.1, 0.15) is 54.9 Å². The van der Waals surface area contributed by atoms with E-state index in [1.54, 1.807) is 6.07 Å². The number of benzene rings is 2. The second-order valence-corrected chi connectivity index (χ2v) is 8.00. The molecule has 1 saturated carbocycles. The summed E-state index contributed by atoms with van der Waals surface area (Å²) in [5.74, 6) is 0.0544. The molecule has 0 saturated heterocycles. The van der Waals surface area contributed by atoms with E-state index in [4.69, 9.17) is 4.74 Å². The number of carbonyl (C=O) groups excluding carboxylic acids is 1. The highest BCUT2D eigenvalue weighted by molar-refractivity contribution is 5.94. The fourth-order valence-corrected chi connectivity index (χ4v) is 3.85. The maximum Gasteiger partial charge on any atom is 0.251 e. The zero-order valence-corrected chi connectivity index (χ0v) is 17.4. The van der Waals surface area contributed by atoms with Gasteiger partial charge in [0.25, 0.3) is 5.91 Å². The second kappa shape index (κ2) is 10.4. The molecule has 1 aliphatic rings. The number of carbonyl (C=O) groups is 1. The van der Waals surface area contributed by atoms with Crippen molar-refractivity contribution in [3.63, 3.8) is 0 Å². The molecule has 0 aliphatic heterocycles. The molecular formula is C24H31FN2O2. The molecule has 1 fully saturated rings. The number of nitrogens with one attached hydrogen (secondary N) is 1. The van der Waals surface area contributed by atoms with Gasteiger partial charge in [-0.05, 0) is 62.7 Å². The Morgan fingerprint density at radius 1 is 1.17 bits per heavy atom. The van der Waals surface area contributed by atoms with Gasteiger partial charge >= 0.3 is 0 Å². The maximum atomic E-state index is 13.2. The van der Waals surface area contributed by atoms with Gasteiger partial charge in [-0.3, -0.25) is 9.69 Å². The lowest BCUT2D eigenvalue weighted by molar-refractivity contribution is 0.0931. The fourth-order valence-electron chi connectivity index (χ4n) is 3.85. The summed E-state index contributed by atoms with van der Waals surface area (Å²) in [6.45, 7) is 3.20. The maximum absolute atomic E-state index is 13.2. The van der Waals surface area contributed by atoms with E-state index in [9.17, 15) is 9.18 Å². The predicted octanol–water partition coefficient (Wildman–Crippen LogP) is 4.79. The highest BCUT2D eigenvalue weighted by Gasteiger charge is 2.18. The Morgan fingerprint density at radius 3 is 2.59 bits per heavy atom. The van der Waals surface area contributed by atoms with Crippen LogP contribution in [0.25, 0.3) is 0 Å². The minimum atomic E-state index is -0.420. The molecule has 1 atom stereocenters. The van der Waals surface area contributed by atoms with Crippen LogP contribution in [0, 0.1) is 5.82 Å². The van der Waals surface area contributed by atoms with Crippen molar-refractivity contribution in [1.29, 1.82) is 0 Å². The lowest BCUT2D eigenvalue weighted by atomic mass is 9.94. The largest absolute Gasteiger partial charge is 0.489 e. The molecule has 1 N–H and O–H groups in total. The van der Waals surface area contributed by atoms with Crippen LogP contribution in [0.5, 0.6) is 5.75 Å². The molecule has 1 amide bonds. The van der Waals surface area contributed by atoms with Crippen molar-refractivity contribution < 1.29 is 13.9 Å². The summed E-state index contributed by atoms with van der Waals surface area (Å²) in [7, 11) is 2.21. The summed E-state index contributed by atoms with van der Waals surface area (Å²) >= 11 is 0. The minimum absolute atomic E-state index is 0.191. The lowest BCUT2D eigenvalue weighted by Gasteiger charge is -2.31. The average Bonchev–Trinajstić information content (AvgIpc) is 2.74. The van der Waals surface area contributed by atoms with Gasteiger partial charge in [0.15, 0.2) is 0 Å². The summed E-state index contributed by atoms with van der Waals surface area (Å²) < 4.78 is 19.1. The van der Waals surface area contributed by atoms with E-state index in [2.05, 4.69) is 29.4 Å². The van der Waals surface area contributed by atoms with E-state index in [1.807, 2.05) is 19.1 Å². The number of halogens is 1. The van der Waals surface area contributed by atoms with E-state index in [0.717, 1.165) is 12.3 Å². The summed E-state index contributed by atoms with van der Waals surface area (Å²) in [5.41, 5.74) is 1.58. The van der Waals surface area contributed by atoms with E-state index >= 15 is 0 Å². The molecule has 5 heteroatoms. The van der Waals surface area contributed by atoms with Crippen molar-refractivity contribution >= 4 is 5.91 Å². The Morgan fingerprint density at radius 2 is 1.90 bits per heavy atom. The topological polar surface area (TPSA) is 41.6 Å². The molecule has 0 spiro atoms. The van der Waals surface area contributed by atoms with Crippen molar-refractivity contribution in [2.24, 2.45) is 0 Å². The molecule has 2 aromatic carbocycles. The number of hydrogen-bond acceptors (Lipinski definition) is 3. The highest BCUT2D eigenvalue weighted by atomic mass is 19.1. The van der Waals surface area contributed by atoms with E-state index in [-0.39, 0.29) is 12.0 Å². The van der Waals surface area contributed by atoms with Gasteiger partial charge in [-0.1, -0.05) is 37.5 Å². The molecule has 2 aromatic rings. The second-order valence-electron chi connectivity index (χ2n) is 8.00. The Balaban J connectivity index is 1.44. The molecule has 0 aromatic heterocycles. The lowest BCUT2D eigenvalue weighted by Crippen LogP contribution is -2.33. The first-order valence-electron chi connectivity index (χ1n) is 10.5. The van der Waals surface area contributed by atoms with Gasteiger partial charge in [-0.2, -0.15) is 0 Å². The monoisotopic (exact) mass is 398 g/mol. The van der Waals surface area contributed by atoms with E-state index in [0.29, 0.717) is 18.2 Å². The van der Waals surface area contributed by atoms with Crippen LogP contribution in [0.4, 0.5) is 4.39 Å². The standard InChI is InChI=1S/C24H31FN2O2/c1-18(16-26-24(28)20-7-6-8-21(25)15-20)29-23-13-11-19(12-14-23)17-27(2)22-9-4-3-5-10-22/h6-8,11-15,18,22H,3-5,9-10,16-17H2,1-2H3,(H,26,28)/t18-/m1/s1. The van der Waals surface area contributed by atoms with Gasteiger partial charge in [0.05, 0.1) is 6.54 Å². The van der Waals surface area contributed by atoms with Crippen molar-refractivity contribution in [3.05, 3.63) is 65.5 Å². The normalized spacial score (nSPS) is 15.9. The zero-order chi connectivity index (χ0) is 20.6. The molecule has 0 bridgehead atoms. The molecular weight excluding hydrogens is 367 g/mol. The van der Waals surface area contributed by atoms with Crippen molar-refractivity contribution in [1.82, 2.24) is 10.2 Å². The summed E-state index contributed by atoms with van der Waals surface area (Å²) in [6.07, 6.45) is 6.47. The van der Waals surface area contributed by atoms with Crippen LogP contribution in [-0.2, 0) is 6.54 Å². The molecule has 156 valence electrons. The van der Waals surface area contributed by atoms with Gasteiger partial charge < -0.3 is 10.1 Å². The van der Waals surface area contributed by atoms with Crippen LogP contribution >= 0.6 is 0 Å². The first-order valence-corrected chi connectivity index (χ1v) is 10.5. The third-order valence-corrected chi connectivity index (χ3v) is 5.53. The SMILES string of the molecule is C[C@H](CNC(=O)c1cccc(F)c1)Oc1ccc(CN(C)C2CCCCC2)cc1. The first kappa shape index (κ1) is 21.3. The predicted molar refractivity (Wildman–Crippen MR) is 114 cm³/mol. The smallest absolute Gasteiger partial charge is 0.251 e. The number of hydrogen-bond donors (Lipinski definition) is 1. The Kier molecular flexibility index (Phi) is 7.64. The van der Waals surface area contributed by atoms with Crippen LogP contribution in [0.2, 0.25) is 0 Å². The number of rotatable bonds is 8. The quantitative estimate of drug-likeness (QED) is 0.695. The third kappa shape index (κ3) is 6.57. The molecule has 3 rings (SSSR count). The van der Waals surface area contributed by atoms with Crippen molar-refractivity contribution in [3.8, 4) is 5.75 Å². The summed E-state index contributed by atoms with van der Waals surface area (Å²) in [5, 5.41) is 2.78. The first-order chi connectivity index (χ1) is 14.0. The van der Waals surface area contributed by atoms with Crippen molar-refractivity contribution in [2.45, 2.75) is 57.7 Å². The van der Waals surface area contributed by atoms with Gasteiger partial charge in [0.1, 0.15) is 17.7 Å². The van der Waals surface area contributed by atoms with Crippen LogP contribution < -0.4 is 10.1 Å². The molecule has 4 nitrogen and oxygen atoms in total. The van der Waals surface area contributed by atoms with Crippen LogP contribution in [-0.4, -0.2) is 36.5 Å². The van der Waals surface area contributed by atoms with Crippen LogP contribution in [0.3, 0.4) is 0 Å². The Hall–Kier alpha value is -2.40. The Bertz CT molecular complexity index is 788. The summed E-state index contributed by atoms with van der Waals surface area (Å²) in [4.78, 5) is 14.6. The number of amides is 1. The molecule has 0 radical (unpaired) electrons. The van der Waals surface area contributed by atoms with Gasteiger partial charge in [0, 0.05) is 18.2 Å². The molecule has 29 heavy (non-hydrogen) atoms. The molecule has 0 heterocycles. The van der Waals surface area contributed by atoms with E-state index < -0.39 is 5.82 Å². The highest BCUT2D eigenvalue weighted by Crippen LogP contribution is 2.23. The fraction of sp³-hybridized carbons (Fsp3) is 0.458. The van der Waals surface area contributed by atoms with E-state index in [1.165, 1.54) is 55.9 Å². The van der Waals surface area contributed by atoms with Crippen LogP contribution in [0.15, 0.2) is 48.5 Å². The van der Waals surface area contributed by atoms with Gasteiger partial charge in [-0.25, -0.2) is 4.39 Å². The number of ether oxygens (including phenoxy) is 1. The van der Waals surface area contributed by atoms with Crippen molar-refractivity contribution in [2.75, 3.05) is 13.6 Å². The minimum Gasteiger partial charge on any atom is -0.489 e. The van der Waals surface area contributed by atoms with Gasteiger partial charge in [0.2, 0.25) is 0 Å². The molecule has 1 aliphatic carbocycles. The molecule has 0 unspecified atom stereocenters. The third-order valence-electron chi connectivity index (χ3n) is 5.53. The van der Waals surface area contributed by atoms with Gasteiger partial charge in [-0.15, -0.1) is 0 Å². The Labute approximate surface area is 173 Å². The average molecular weight is 399 g/mol.